The van der Waals surface area contributed by atoms with Gasteiger partial charge in [0.25, 0.3) is 5.91 Å². The molecule has 2 aliphatic heterocycles. The average molecular weight is 497 g/mol. The minimum absolute atomic E-state index is 0.0838. The van der Waals surface area contributed by atoms with Crippen LogP contribution in [0.1, 0.15) is 30.5 Å². The van der Waals surface area contributed by atoms with Crippen LogP contribution >= 0.6 is 0 Å². The van der Waals surface area contributed by atoms with Crippen molar-refractivity contribution in [2.75, 3.05) is 32.8 Å². The third kappa shape index (κ3) is 4.40. The maximum Gasteiger partial charge on any atom is 0.326 e. The van der Waals surface area contributed by atoms with Crippen molar-refractivity contribution in [3.05, 3.63) is 108 Å². The van der Waals surface area contributed by atoms with Gasteiger partial charge in [-0.2, -0.15) is 0 Å². The summed E-state index contributed by atoms with van der Waals surface area (Å²) in [6.45, 7) is 6.33. The second-order valence-electron chi connectivity index (χ2n) is 10.2. The Labute approximate surface area is 217 Å². The van der Waals surface area contributed by atoms with Gasteiger partial charge in [-0.05, 0) is 30.5 Å². The number of urea groups is 1. The molecule has 7 heteroatoms. The summed E-state index contributed by atoms with van der Waals surface area (Å²) in [4.78, 5) is 45.7. The van der Waals surface area contributed by atoms with Crippen LogP contribution in [0.4, 0.5) is 4.79 Å². The highest BCUT2D eigenvalue weighted by Gasteiger charge is 2.54. The Morgan fingerprint density at radius 3 is 1.78 bits per heavy atom. The summed E-state index contributed by atoms with van der Waals surface area (Å²) in [5, 5.41) is 3.00. The Balaban J connectivity index is 1.30. The zero-order chi connectivity index (χ0) is 26.0. The summed E-state index contributed by atoms with van der Waals surface area (Å²) >= 11 is 0. The molecule has 4 amide bonds. The number of piperazine rings is 1. The summed E-state index contributed by atoms with van der Waals surface area (Å²) in [6.07, 6.45) is 0. The number of nitrogens with zero attached hydrogens (tertiary/aromatic N) is 3. The first-order chi connectivity index (χ1) is 17.8. The van der Waals surface area contributed by atoms with E-state index in [2.05, 4.69) is 10.2 Å². The maximum atomic E-state index is 13.9. The predicted octanol–water partition coefficient (Wildman–Crippen LogP) is 3.56. The topological polar surface area (TPSA) is 73.0 Å². The summed E-state index contributed by atoms with van der Waals surface area (Å²) in [5.41, 5.74) is 0.539. The van der Waals surface area contributed by atoms with E-state index in [0.29, 0.717) is 26.2 Å². The molecule has 0 saturated carbocycles. The second-order valence-corrected chi connectivity index (χ2v) is 10.2. The molecule has 2 aliphatic rings. The standard InChI is InChI=1S/C30H32N4O3/c1-29(2,23-12-6-3-7-13-23)26(35)33-20-18-32(19-21-33)22-34-27(36)30(31-28(34)37,24-14-8-4-9-15-24)25-16-10-5-11-17-25/h3-17H,18-22H2,1-2H3,(H,31,37). The predicted molar refractivity (Wildman–Crippen MR) is 142 cm³/mol. The van der Waals surface area contributed by atoms with E-state index in [1.54, 1.807) is 0 Å². The van der Waals surface area contributed by atoms with Crippen LogP contribution in [-0.2, 0) is 20.5 Å². The highest BCUT2D eigenvalue weighted by Crippen LogP contribution is 2.36. The lowest BCUT2D eigenvalue weighted by atomic mass is 9.82. The second kappa shape index (κ2) is 9.82. The van der Waals surface area contributed by atoms with Gasteiger partial charge >= 0.3 is 6.03 Å². The van der Waals surface area contributed by atoms with Gasteiger partial charge in [-0.15, -0.1) is 0 Å². The average Bonchev–Trinajstić information content (AvgIpc) is 3.20. The highest BCUT2D eigenvalue weighted by atomic mass is 16.2. The molecule has 5 rings (SSSR count). The molecule has 0 spiro atoms. The highest BCUT2D eigenvalue weighted by molar-refractivity contribution is 6.09. The molecule has 0 radical (unpaired) electrons. The van der Waals surface area contributed by atoms with Crippen LogP contribution in [0.5, 0.6) is 0 Å². The van der Waals surface area contributed by atoms with E-state index >= 15 is 0 Å². The molecule has 7 nitrogen and oxygen atoms in total. The molecule has 0 aromatic heterocycles. The maximum absolute atomic E-state index is 13.9. The number of hydrogen-bond acceptors (Lipinski definition) is 4. The number of amides is 4. The molecule has 1 N–H and O–H groups in total. The van der Waals surface area contributed by atoms with Crippen molar-refractivity contribution < 1.29 is 14.4 Å². The van der Waals surface area contributed by atoms with E-state index in [1.165, 1.54) is 4.90 Å². The van der Waals surface area contributed by atoms with Gasteiger partial charge in [0.15, 0.2) is 5.54 Å². The van der Waals surface area contributed by atoms with Crippen LogP contribution in [0.2, 0.25) is 0 Å². The molecule has 2 saturated heterocycles. The minimum Gasteiger partial charge on any atom is -0.339 e. The quantitative estimate of drug-likeness (QED) is 0.530. The van der Waals surface area contributed by atoms with E-state index in [4.69, 9.17) is 0 Å². The molecule has 0 aliphatic carbocycles. The van der Waals surface area contributed by atoms with Crippen LogP contribution in [0, 0.1) is 0 Å². The van der Waals surface area contributed by atoms with Crippen LogP contribution in [-0.4, -0.2) is 65.4 Å². The van der Waals surface area contributed by atoms with Gasteiger partial charge in [-0.3, -0.25) is 14.5 Å². The Hall–Kier alpha value is -3.97. The number of carbonyl (C=O) groups is 3. The van der Waals surface area contributed by atoms with E-state index in [-0.39, 0.29) is 18.5 Å². The SMILES string of the molecule is CC(C)(C(=O)N1CCN(CN2C(=O)NC(c3ccccc3)(c3ccccc3)C2=O)CC1)c1ccccc1. The number of hydrogen-bond donors (Lipinski definition) is 1. The Bertz CT molecular complexity index is 1230. The normalized spacial score (nSPS) is 18.1. The molecule has 37 heavy (non-hydrogen) atoms. The lowest BCUT2D eigenvalue weighted by molar-refractivity contribution is -0.139. The smallest absolute Gasteiger partial charge is 0.326 e. The Morgan fingerprint density at radius 2 is 1.27 bits per heavy atom. The van der Waals surface area contributed by atoms with Gasteiger partial charge in [0.1, 0.15) is 0 Å². The summed E-state index contributed by atoms with van der Waals surface area (Å²) < 4.78 is 0. The molecule has 0 unspecified atom stereocenters. The van der Waals surface area contributed by atoms with E-state index in [1.807, 2.05) is 110 Å². The van der Waals surface area contributed by atoms with E-state index in [9.17, 15) is 14.4 Å². The van der Waals surface area contributed by atoms with Crippen LogP contribution < -0.4 is 5.32 Å². The van der Waals surface area contributed by atoms with Crippen molar-refractivity contribution in [2.24, 2.45) is 0 Å². The monoisotopic (exact) mass is 496 g/mol. The van der Waals surface area contributed by atoms with Gasteiger partial charge in [0.2, 0.25) is 5.91 Å². The molecule has 2 fully saturated rings. The van der Waals surface area contributed by atoms with Crippen molar-refractivity contribution >= 4 is 17.8 Å². The van der Waals surface area contributed by atoms with Crippen molar-refractivity contribution in [3.8, 4) is 0 Å². The molecule has 0 atom stereocenters. The van der Waals surface area contributed by atoms with Crippen molar-refractivity contribution in [3.63, 3.8) is 0 Å². The minimum atomic E-state index is -1.27. The lowest BCUT2D eigenvalue weighted by Gasteiger charge is -2.39. The van der Waals surface area contributed by atoms with E-state index < -0.39 is 17.0 Å². The molecule has 0 bridgehead atoms. The summed E-state index contributed by atoms with van der Waals surface area (Å²) in [7, 11) is 0. The fourth-order valence-electron chi connectivity index (χ4n) is 5.30. The van der Waals surface area contributed by atoms with Crippen molar-refractivity contribution in [1.82, 2.24) is 20.0 Å². The first kappa shape index (κ1) is 24.7. The third-order valence-corrected chi connectivity index (χ3v) is 7.55. The Morgan fingerprint density at radius 1 is 0.784 bits per heavy atom. The van der Waals surface area contributed by atoms with Crippen molar-refractivity contribution in [2.45, 2.75) is 24.8 Å². The number of imide groups is 1. The van der Waals surface area contributed by atoms with Gasteiger partial charge in [-0.25, -0.2) is 9.69 Å². The molecular weight excluding hydrogens is 464 g/mol. The zero-order valence-corrected chi connectivity index (χ0v) is 21.3. The largest absolute Gasteiger partial charge is 0.339 e. The van der Waals surface area contributed by atoms with Gasteiger partial charge < -0.3 is 10.2 Å². The Kier molecular flexibility index (Phi) is 6.56. The number of benzene rings is 3. The molecule has 190 valence electrons. The van der Waals surface area contributed by atoms with Crippen LogP contribution in [0.25, 0.3) is 0 Å². The molecule has 3 aromatic carbocycles. The summed E-state index contributed by atoms with van der Waals surface area (Å²) in [6, 6.07) is 28.1. The van der Waals surface area contributed by atoms with Crippen molar-refractivity contribution in [1.29, 1.82) is 0 Å². The number of rotatable bonds is 6. The fraction of sp³-hybridized carbons (Fsp3) is 0.300. The lowest BCUT2D eigenvalue weighted by Crippen LogP contribution is -2.55. The molecule has 3 aromatic rings. The zero-order valence-electron chi connectivity index (χ0n) is 21.3. The third-order valence-electron chi connectivity index (χ3n) is 7.55. The van der Waals surface area contributed by atoms with Gasteiger partial charge in [0.05, 0.1) is 12.1 Å². The van der Waals surface area contributed by atoms with Gasteiger partial charge in [0, 0.05) is 26.2 Å². The fourth-order valence-corrected chi connectivity index (χ4v) is 5.30. The van der Waals surface area contributed by atoms with Crippen LogP contribution in [0.3, 0.4) is 0 Å². The van der Waals surface area contributed by atoms with Crippen LogP contribution in [0.15, 0.2) is 91.0 Å². The number of nitrogens with one attached hydrogen (secondary N) is 1. The van der Waals surface area contributed by atoms with Gasteiger partial charge in [-0.1, -0.05) is 91.0 Å². The first-order valence-corrected chi connectivity index (χ1v) is 12.7. The first-order valence-electron chi connectivity index (χ1n) is 12.7. The molecule has 2 heterocycles. The van der Waals surface area contributed by atoms with E-state index in [0.717, 1.165) is 16.7 Å². The molecular formula is C30H32N4O3. The summed E-state index contributed by atoms with van der Waals surface area (Å²) in [5.74, 6) is -0.209. The number of carbonyl (C=O) groups excluding carboxylic acids is 3.